The maximum atomic E-state index is 11.3. The smallest absolute Gasteiger partial charge is 0.353 e. The minimum atomic E-state index is -1.01. The number of aryl methyl sites for hydroxylation is 1. The van der Waals surface area contributed by atoms with E-state index in [9.17, 15) is 9.90 Å². The Balaban J connectivity index is 1.54. The van der Waals surface area contributed by atoms with Gasteiger partial charge < -0.3 is 14.8 Å². The average Bonchev–Trinajstić information content (AvgIpc) is 3.29. The minimum Gasteiger partial charge on any atom is -0.477 e. The van der Waals surface area contributed by atoms with Crippen LogP contribution in [-0.2, 0) is 17.8 Å². The highest BCUT2D eigenvalue weighted by molar-refractivity contribution is 5.86. The fourth-order valence-electron chi connectivity index (χ4n) is 3.97. The first-order valence-corrected chi connectivity index (χ1v) is 10.5. The van der Waals surface area contributed by atoms with Crippen LogP contribution < -0.4 is 0 Å². The zero-order valence-electron chi connectivity index (χ0n) is 17.5. The van der Waals surface area contributed by atoms with E-state index in [1.165, 1.54) is 22.5 Å². The Morgan fingerprint density at radius 3 is 2.55 bits per heavy atom. The number of hydrogen-bond donors (Lipinski definition) is 2. The number of carboxylic acids is 1. The number of hydrogen-bond acceptors (Lipinski definition) is 3. The maximum Gasteiger partial charge on any atom is 0.353 e. The van der Waals surface area contributed by atoms with E-state index in [0.29, 0.717) is 12.4 Å². The van der Waals surface area contributed by atoms with Gasteiger partial charge in [-0.15, -0.1) is 0 Å². The number of rotatable bonds is 9. The molecule has 0 aliphatic carbocycles. The third kappa shape index (κ3) is 5.01. The number of H-pyrrole nitrogens is 1. The number of aromatic carboxylic acids is 1. The van der Waals surface area contributed by atoms with Gasteiger partial charge in [-0.1, -0.05) is 72.8 Å². The summed E-state index contributed by atoms with van der Waals surface area (Å²) in [4.78, 5) is 18.7. The fraction of sp³-hybridized carbons (Fsp3) is 0.231. The highest BCUT2D eigenvalue weighted by Crippen LogP contribution is 2.28. The second-order valence-electron chi connectivity index (χ2n) is 7.77. The molecule has 0 bridgehead atoms. The molecule has 158 valence electrons. The minimum absolute atomic E-state index is 0.0595. The van der Waals surface area contributed by atoms with Gasteiger partial charge in [0.05, 0.1) is 18.9 Å². The summed E-state index contributed by atoms with van der Waals surface area (Å²) < 4.78 is 6.18. The van der Waals surface area contributed by atoms with Crippen LogP contribution in [0.4, 0.5) is 0 Å². The molecule has 1 aromatic heterocycles. The predicted molar refractivity (Wildman–Crippen MR) is 121 cm³/mol. The third-order valence-electron chi connectivity index (χ3n) is 5.70. The van der Waals surface area contributed by atoms with Crippen molar-refractivity contribution in [3.05, 3.63) is 102 Å². The van der Waals surface area contributed by atoms with Crippen LogP contribution in [0.2, 0.25) is 0 Å². The Hall–Kier alpha value is -3.44. The molecule has 0 spiro atoms. The van der Waals surface area contributed by atoms with Gasteiger partial charge >= 0.3 is 5.97 Å². The third-order valence-corrected chi connectivity index (χ3v) is 5.70. The average molecular weight is 415 g/mol. The first kappa shape index (κ1) is 20.8. The topological polar surface area (TPSA) is 75.2 Å². The van der Waals surface area contributed by atoms with Crippen LogP contribution in [0.25, 0.3) is 10.8 Å². The van der Waals surface area contributed by atoms with E-state index in [4.69, 9.17) is 4.74 Å². The van der Waals surface area contributed by atoms with Crippen molar-refractivity contribution < 1.29 is 14.6 Å². The normalized spacial score (nSPS) is 13.2. The fourth-order valence-corrected chi connectivity index (χ4v) is 3.97. The van der Waals surface area contributed by atoms with Crippen LogP contribution in [0, 0.1) is 0 Å². The summed E-state index contributed by atoms with van der Waals surface area (Å²) in [5.74, 6) is -0.418. The van der Waals surface area contributed by atoms with Crippen molar-refractivity contribution in [3.63, 3.8) is 0 Å². The van der Waals surface area contributed by atoms with Crippen molar-refractivity contribution in [1.82, 2.24) is 9.97 Å². The van der Waals surface area contributed by atoms with Gasteiger partial charge in [-0.2, -0.15) is 0 Å². The number of imidazole rings is 1. The monoisotopic (exact) mass is 414 g/mol. The molecule has 1 heterocycles. The van der Waals surface area contributed by atoms with Gasteiger partial charge in [-0.25, -0.2) is 9.78 Å². The van der Waals surface area contributed by atoms with E-state index in [2.05, 4.69) is 46.4 Å². The highest BCUT2D eigenvalue weighted by atomic mass is 16.5. The molecule has 3 aromatic carbocycles. The van der Waals surface area contributed by atoms with Gasteiger partial charge in [-0.3, -0.25) is 0 Å². The molecule has 0 radical (unpaired) electrons. The number of carboxylic acid groups (broad SMARTS) is 1. The molecule has 0 saturated carbocycles. The molecule has 0 aliphatic rings. The van der Waals surface area contributed by atoms with Gasteiger partial charge in [0.15, 0.2) is 0 Å². The summed E-state index contributed by atoms with van der Waals surface area (Å²) >= 11 is 0. The number of fused-ring (bicyclic) bond motifs is 1. The zero-order valence-corrected chi connectivity index (χ0v) is 17.5. The molecular formula is C26H26N2O3. The van der Waals surface area contributed by atoms with Crippen molar-refractivity contribution in [2.75, 3.05) is 0 Å². The van der Waals surface area contributed by atoms with E-state index in [1.54, 1.807) is 0 Å². The van der Waals surface area contributed by atoms with Crippen molar-refractivity contribution in [1.29, 1.82) is 0 Å². The summed E-state index contributed by atoms with van der Waals surface area (Å²) in [6.07, 6.45) is 2.87. The second kappa shape index (κ2) is 9.58. The van der Waals surface area contributed by atoms with E-state index in [1.807, 2.05) is 43.3 Å². The molecule has 2 atom stereocenters. The number of nitrogens with one attached hydrogen (secondary N) is 1. The summed E-state index contributed by atoms with van der Waals surface area (Å²) in [6.45, 7) is 2.53. The molecule has 4 aromatic rings. The van der Waals surface area contributed by atoms with Crippen molar-refractivity contribution in [2.24, 2.45) is 0 Å². The Kier molecular flexibility index (Phi) is 6.43. The Bertz CT molecular complexity index is 1150. The van der Waals surface area contributed by atoms with E-state index >= 15 is 0 Å². The quantitative estimate of drug-likeness (QED) is 0.375. The Morgan fingerprint density at radius 2 is 1.77 bits per heavy atom. The molecule has 31 heavy (non-hydrogen) atoms. The SMILES string of the molecule is C[C@H](OCc1ccccc1)[C@H](CCc1cccc2ccccc12)c1ncc(C(=O)O)[nH]1. The molecule has 0 fully saturated rings. The van der Waals surface area contributed by atoms with E-state index < -0.39 is 5.97 Å². The van der Waals surface area contributed by atoms with E-state index in [-0.39, 0.29) is 17.7 Å². The largest absolute Gasteiger partial charge is 0.477 e. The number of carbonyl (C=O) groups is 1. The van der Waals surface area contributed by atoms with Gasteiger partial charge in [0.25, 0.3) is 0 Å². The van der Waals surface area contributed by atoms with Crippen molar-refractivity contribution in [2.45, 2.75) is 38.4 Å². The number of ether oxygens (including phenoxy) is 1. The van der Waals surface area contributed by atoms with E-state index in [0.717, 1.165) is 18.4 Å². The highest BCUT2D eigenvalue weighted by Gasteiger charge is 2.24. The van der Waals surface area contributed by atoms with Gasteiger partial charge in [0.1, 0.15) is 11.5 Å². The molecule has 0 amide bonds. The van der Waals surface area contributed by atoms with Crippen molar-refractivity contribution >= 4 is 16.7 Å². The Morgan fingerprint density at radius 1 is 1.03 bits per heavy atom. The second-order valence-corrected chi connectivity index (χ2v) is 7.77. The lowest BCUT2D eigenvalue weighted by Crippen LogP contribution is -2.21. The van der Waals surface area contributed by atoms with Crippen LogP contribution in [0.15, 0.2) is 79.0 Å². The van der Waals surface area contributed by atoms with Crippen LogP contribution in [-0.4, -0.2) is 27.1 Å². The van der Waals surface area contributed by atoms with Crippen LogP contribution in [0.5, 0.6) is 0 Å². The standard InChI is InChI=1S/C26H26N2O3/c1-18(31-17-19-8-3-2-4-9-19)22(25-27-16-24(28-25)26(29)30)15-14-21-12-7-11-20-10-5-6-13-23(20)21/h2-13,16,18,22H,14-15,17H2,1H3,(H,27,28)(H,29,30)/t18-,22-/m0/s1. The molecule has 5 heteroatoms. The molecule has 0 aliphatic heterocycles. The lowest BCUT2D eigenvalue weighted by Gasteiger charge is -2.23. The van der Waals surface area contributed by atoms with Crippen LogP contribution in [0.3, 0.4) is 0 Å². The number of aromatic amines is 1. The molecule has 4 rings (SSSR count). The zero-order chi connectivity index (χ0) is 21.6. The first-order chi connectivity index (χ1) is 15.1. The number of aromatic nitrogens is 2. The number of nitrogens with zero attached hydrogens (tertiary/aromatic N) is 1. The van der Waals surface area contributed by atoms with Crippen LogP contribution >= 0.6 is 0 Å². The lowest BCUT2D eigenvalue weighted by atomic mass is 9.92. The molecular weight excluding hydrogens is 388 g/mol. The molecule has 0 saturated heterocycles. The summed E-state index contributed by atoms with van der Waals surface area (Å²) in [6, 6.07) is 24.8. The van der Waals surface area contributed by atoms with Crippen molar-refractivity contribution in [3.8, 4) is 0 Å². The maximum absolute atomic E-state index is 11.3. The molecule has 5 nitrogen and oxygen atoms in total. The summed E-state index contributed by atoms with van der Waals surface area (Å²) in [7, 11) is 0. The Labute approximate surface area is 181 Å². The van der Waals surface area contributed by atoms with Crippen LogP contribution in [0.1, 0.15) is 46.7 Å². The van der Waals surface area contributed by atoms with Gasteiger partial charge in [-0.05, 0) is 41.7 Å². The van der Waals surface area contributed by atoms with Gasteiger partial charge in [0.2, 0.25) is 0 Å². The molecule has 0 unspecified atom stereocenters. The number of benzene rings is 3. The summed E-state index contributed by atoms with van der Waals surface area (Å²) in [5, 5.41) is 11.8. The lowest BCUT2D eigenvalue weighted by molar-refractivity contribution is 0.0308. The predicted octanol–water partition coefficient (Wildman–Crippen LogP) is 5.58. The molecule has 2 N–H and O–H groups in total. The first-order valence-electron chi connectivity index (χ1n) is 10.5. The van der Waals surface area contributed by atoms with Gasteiger partial charge in [0, 0.05) is 5.92 Å². The summed E-state index contributed by atoms with van der Waals surface area (Å²) in [5.41, 5.74) is 2.47.